The van der Waals surface area contributed by atoms with Crippen LogP contribution in [0.15, 0.2) is 0 Å². The Labute approximate surface area is 112 Å². The molecule has 1 saturated carbocycles. The lowest BCUT2D eigenvalue weighted by Crippen LogP contribution is -2.43. The Morgan fingerprint density at radius 1 is 1.22 bits per heavy atom. The van der Waals surface area contributed by atoms with Gasteiger partial charge < -0.3 is 9.80 Å². The first kappa shape index (κ1) is 15.4. The topological polar surface area (TPSA) is 42.3 Å². The van der Waals surface area contributed by atoms with E-state index in [1.165, 1.54) is 12.8 Å². The molecule has 104 valence electrons. The van der Waals surface area contributed by atoms with E-state index < -0.39 is 0 Å². The number of hydrogen-bond donors (Lipinski definition) is 1. The molecule has 4 heteroatoms. The van der Waals surface area contributed by atoms with Gasteiger partial charge in [-0.25, -0.2) is 0 Å². The molecule has 0 bridgehead atoms. The number of nitrogens with zero attached hydrogens (tertiary/aromatic N) is 3. The summed E-state index contributed by atoms with van der Waals surface area (Å²) in [5.74, 6) is 0. The van der Waals surface area contributed by atoms with Gasteiger partial charge >= 0.3 is 0 Å². The first-order valence-electron chi connectivity index (χ1n) is 6.97. The largest absolute Gasteiger partial charge is 0.308 e. The van der Waals surface area contributed by atoms with Crippen molar-refractivity contribution < 1.29 is 0 Å². The Hall–Kier alpha value is -0.630. The van der Waals surface area contributed by atoms with Crippen molar-refractivity contribution in [1.82, 2.24) is 15.1 Å². The van der Waals surface area contributed by atoms with Gasteiger partial charge in [0.05, 0.1) is 6.07 Å². The minimum atomic E-state index is -0.330. The van der Waals surface area contributed by atoms with Gasteiger partial charge in [0.25, 0.3) is 0 Å². The number of likely N-dealkylation sites (N-methyl/N-ethyl adjacent to an activating group) is 2. The van der Waals surface area contributed by atoms with Crippen LogP contribution in [-0.2, 0) is 0 Å². The molecule has 0 aliphatic heterocycles. The van der Waals surface area contributed by atoms with Crippen molar-refractivity contribution in [3.05, 3.63) is 0 Å². The van der Waals surface area contributed by atoms with E-state index in [4.69, 9.17) is 0 Å². The molecule has 0 saturated heterocycles. The molecular weight excluding hydrogens is 224 g/mol. The summed E-state index contributed by atoms with van der Waals surface area (Å²) >= 11 is 0. The molecule has 1 rings (SSSR count). The summed E-state index contributed by atoms with van der Waals surface area (Å²) < 4.78 is 0. The van der Waals surface area contributed by atoms with Crippen LogP contribution in [0.25, 0.3) is 0 Å². The summed E-state index contributed by atoms with van der Waals surface area (Å²) in [6.45, 7) is 5.28. The van der Waals surface area contributed by atoms with Gasteiger partial charge in [-0.2, -0.15) is 5.26 Å². The minimum Gasteiger partial charge on any atom is -0.308 e. The minimum absolute atomic E-state index is 0.330. The van der Waals surface area contributed by atoms with Gasteiger partial charge in [0, 0.05) is 19.1 Å². The van der Waals surface area contributed by atoms with Crippen LogP contribution in [0.1, 0.15) is 32.6 Å². The maximum absolute atomic E-state index is 9.27. The highest BCUT2D eigenvalue weighted by atomic mass is 15.1. The summed E-state index contributed by atoms with van der Waals surface area (Å²) in [7, 11) is 6.35. The molecule has 1 atom stereocenters. The van der Waals surface area contributed by atoms with E-state index in [0.29, 0.717) is 6.04 Å². The quantitative estimate of drug-likeness (QED) is 0.671. The third kappa shape index (κ3) is 6.34. The number of hydrogen-bond acceptors (Lipinski definition) is 4. The summed E-state index contributed by atoms with van der Waals surface area (Å²) in [4.78, 5) is 4.54. The lowest BCUT2D eigenvalue weighted by Gasteiger charge is -2.25. The van der Waals surface area contributed by atoms with Gasteiger partial charge in [0.2, 0.25) is 0 Å². The predicted octanol–water partition coefficient (Wildman–Crippen LogP) is 1.29. The van der Waals surface area contributed by atoms with Gasteiger partial charge in [-0.3, -0.25) is 5.32 Å². The van der Waals surface area contributed by atoms with Crippen molar-refractivity contribution in [2.75, 3.05) is 40.8 Å². The average molecular weight is 252 g/mol. The van der Waals surface area contributed by atoms with Crippen molar-refractivity contribution in [2.24, 2.45) is 0 Å². The number of rotatable bonds is 9. The SMILES string of the molecule is CN(C)CCN(C)CCCC(C)(C#N)NC1CC1. The van der Waals surface area contributed by atoms with Crippen molar-refractivity contribution in [3.8, 4) is 6.07 Å². The molecule has 0 amide bonds. The fourth-order valence-electron chi connectivity index (χ4n) is 2.02. The van der Waals surface area contributed by atoms with E-state index >= 15 is 0 Å². The molecule has 0 aromatic rings. The Balaban J connectivity index is 2.16. The Kier molecular flexibility index (Phi) is 6.07. The second kappa shape index (κ2) is 7.08. The Morgan fingerprint density at radius 2 is 1.89 bits per heavy atom. The van der Waals surface area contributed by atoms with Crippen LogP contribution in [0.3, 0.4) is 0 Å². The zero-order valence-corrected chi connectivity index (χ0v) is 12.4. The van der Waals surface area contributed by atoms with Crippen LogP contribution in [0.4, 0.5) is 0 Å². The van der Waals surface area contributed by atoms with Crippen molar-refractivity contribution >= 4 is 0 Å². The molecular formula is C14H28N4. The fraction of sp³-hybridized carbons (Fsp3) is 0.929. The monoisotopic (exact) mass is 252 g/mol. The summed E-state index contributed by atoms with van der Waals surface area (Å²) in [6.07, 6.45) is 4.49. The van der Waals surface area contributed by atoms with Crippen molar-refractivity contribution in [1.29, 1.82) is 5.26 Å². The van der Waals surface area contributed by atoms with E-state index in [2.05, 4.69) is 42.3 Å². The lowest BCUT2D eigenvalue weighted by atomic mass is 9.97. The van der Waals surface area contributed by atoms with Gasteiger partial charge in [-0.1, -0.05) is 0 Å². The molecule has 1 N–H and O–H groups in total. The maximum Gasteiger partial charge on any atom is 0.104 e. The molecule has 1 unspecified atom stereocenters. The molecule has 18 heavy (non-hydrogen) atoms. The molecule has 1 aliphatic carbocycles. The van der Waals surface area contributed by atoms with E-state index in [1.54, 1.807) is 0 Å². The molecule has 0 aromatic carbocycles. The lowest BCUT2D eigenvalue weighted by molar-refractivity contribution is 0.268. The highest BCUT2D eigenvalue weighted by Crippen LogP contribution is 2.24. The normalized spacial score (nSPS) is 18.9. The van der Waals surface area contributed by atoms with Gasteiger partial charge in [-0.15, -0.1) is 0 Å². The van der Waals surface area contributed by atoms with E-state index in [9.17, 15) is 5.26 Å². The van der Waals surface area contributed by atoms with E-state index in [1.807, 2.05) is 6.92 Å². The van der Waals surface area contributed by atoms with Crippen LogP contribution in [0, 0.1) is 11.3 Å². The molecule has 0 spiro atoms. The standard InChI is InChI=1S/C14H28N4/c1-14(12-15,16-13-6-7-13)8-5-9-18(4)11-10-17(2)3/h13,16H,5-11H2,1-4H3. The first-order valence-corrected chi connectivity index (χ1v) is 6.97. The number of nitrogens with one attached hydrogen (secondary N) is 1. The van der Waals surface area contributed by atoms with Gasteiger partial charge in [0.15, 0.2) is 0 Å². The van der Waals surface area contributed by atoms with Crippen LogP contribution in [0.5, 0.6) is 0 Å². The molecule has 4 nitrogen and oxygen atoms in total. The van der Waals surface area contributed by atoms with Crippen LogP contribution in [-0.4, -0.2) is 62.2 Å². The van der Waals surface area contributed by atoms with Gasteiger partial charge in [0.1, 0.15) is 5.54 Å². The molecule has 0 heterocycles. The van der Waals surface area contributed by atoms with E-state index in [0.717, 1.165) is 32.5 Å². The Bertz CT molecular complexity index is 280. The highest BCUT2D eigenvalue weighted by molar-refractivity contribution is 5.06. The van der Waals surface area contributed by atoms with Crippen LogP contribution in [0.2, 0.25) is 0 Å². The first-order chi connectivity index (χ1) is 8.45. The smallest absolute Gasteiger partial charge is 0.104 e. The predicted molar refractivity (Wildman–Crippen MR) is 75.5 cm³/mol. The molecule has 0 aromatic heterocycles. The van der Waals surface area contributed by atoms with E-state index in [-0.39, 0.29) is 5.54 Å². The third-order valence-corrected chi connectivity index (χ3v) is 3.49. The number of nitriles is 1. The molecule has 1 aliphatic rings. The second-order valence-electron chi connectivity index (χ2n) is 6.07. The Morgan fingerprint density at radius 3 is 2.39 bits per heavy atom. The zero-order valence-electron chi connectivity index (χ0n) is 12.4. The summed E-state index contributed by atoms with van der Waals surface area (Å²) in [5.41, 5.74) is -0.330. The van der Waals surface area contributed by atoms with Crippen molar-refractivity contribution in [3.63, 3.8) is 0 Å². The van der Waals surface area contributed by atoms with Gasteiger partial charge in [-0.05, 0) is 60.3 Å². The highest BCUT2D eigenvalue weighted by Gasteiger charge is 2.31. The molecule has 0 radical (unpaired) electrons. The third-order valence-electron chi connectivity index (χ3n) is 3.49. The second-order valence-corrected chi connectivity index (χ2v) is 6.07. The fourth-order valence-corrected chi connectivity index (χ4v) is 2.02. The molecule has 1 fully saturated rings. The summed E-state index contributed by atoms with van der Waals surface area (Å²) in [6, 6.07) is 3.03. The maximum atomic E-state index is 9.27. The van der Waals surface area contributed by atoms with Crippen LogP contribution < -0.4 is 5.32 Å². The summed E-state index contributed by atoms with van der Waals surface area (Å²) in [5, 5.41) is 12.7. The van der Waals surface area contributed by atoms with Crippen LogP contribution >= 0.6 is 0 Å². The van der Waals surface area contributed by atoms with Crippen molar-refractivity contribution in [2.45, 2.75) is 44.2 Å². The average Bonchev–Trinajstić information content (AvgIpc) is 3.10. The zero-order chi connectivity index (χ0) is 13.6.